The molecule has 0 aliphatic carbocycles. The zero-order valence-corrected chi connectivity index (χ0v) is 17.1. The first-order valence-corrected chi connectivity index (χ1v) is 9.75. The van der Waals surface area contributed by atoms with Crippen LogP contribution >= 0.6 is 0 Å². The number of fused-ring (bicyclic) bond motifs is 1. The van der Waals surface area contributed by atoms with Gasteiger partial charge in [-0.2, -0.15) is 26.3 Å². The topological polar surface area (TPSA) is 75.5 Å². The summed E-state index contributed by atoms with van der Waals surface area (Å²) < 4.78 is 81.0. The van der Waals surface area contributed by atoms with Gasteiger partial charge in [0.15, 0.2) is 12.7 Å². The quantitative estimate of drug-likeness (QED) is 0.526. The average Bonchev–Trinajstić information content (AvgIpc) is 3.13. The Labute approximate surface area is 188 Å². The molecule has 34 heavy (non-hydrogen) atoms. The summed E-state index contributed by atoms with van der Waals surface area (Å²) in [6.45, 7) is -1.56. The van der Waals surface area contributed by atoms with E-state index in [9.17, 15) is 36.2 Å². The largest absolute Gasteiger partial charge is 0.483 e. The second kappa shape index (κ2) is 8.60. The Morgan fingerprint density at radius 1 is 1.00 bits per heavy atom. The number of nitrogens with zero attached hydrogens (tertiary/aromatic N) is 3. The molecule has 1 aliphatic heterocycles. The number of carbonyl (C=O) groups excluding carboxylic acids is 1. The molecule has 0 saturated carbocycles. The van der Waals surface area contributed by atoms with Crippen molar-refractivity contribution in [3.05, 3.63) is 71.7 Å². The average molecular weight is 483 g/mol. The van der Waals surface area contributed by atoms with Gasteiger partial charge in [-0.25, -0.2) is 0 Å². The normalized spacial score (nSPS) is 14.8. The van der Waals surface area contributed by atoms with Gasteiger partial charge in [0.2, 0.25) is 0 Å². The molecular formula is C22H15F6N3O3. The number of ether oxygens (including phenoxy) is 1. The summed E-state index contributed by atoms with van der Waals surface area (Å²) in [4.78, 5) is 22.1. The molecule has 3 aromatic rings. The van der Waals surface area contributed by atoms with Crippen molar-refractivity contribution in [3.8, 4) is 17.0 Å². The highest BCUT2D eigenvalue weighted by Gasteiger charge is 2.40. The van der Waals surface area contributed by atoms with E-state index in [4.69, 9.17) is 4.74 Å². The summed E-state index contributed by atoms with van der Waals surface area (Å²) in [6, 6.07) is 9.56. The van der Waals surface area contributed by atoms with Crippen LogP contribution in [0.1, 0.15) is 27.7 Å². The molecule has 0 unspecified atom stereocenters. The van der Waals surface area contributed by atoms with Crippen LogP contribution in [0.25, 0.3) is 11.3 Å². The maximum Gasteiger partial charge on any atom is 0.422 e. The van der Waals surface area contributed by atoms with E-state index in [-0.39, 0.29) is 34.8 Å². The Bertz CT molecular complexity index is 1210. The standard InChI is InChI=1S/C22H15F6N3O3/c23-21(24,25)11-34-17-4-2-1-3-14(17)18-15-10-31(20(33)13(15)7-8-29-18)12-5-6-16(30-9-12)19(32)22(26,27)28/h1-9,19,32H,10-11H2/t19-/m1/s1. The summed E-state index contributed by atoms with van der Waals surface area (Å²) >= 11 is 0. The van der Waals surface area contributed by atoms with Gasteiger partial charge < -0.3 is 14.7 Å². The minimum absolute atomic E-state index is 0.0478. The van der Waals surface area contributed by atoms with E-state index in [0.29, 0.717) is 5.56 Å². The van der Waals surface area contributed by atoms with Crippen LogP contribution in [-0.4, -0.2) is 39.9 Å². The number of anilines is 1. The third-order valence-corrected chi connectivity index (χ3v) is 5.05. The molecule has 1 aliphatic rings. The number of halogens is 6. The lowest BCUT2D eigenvalue weighted by molar-refractivity contribution is -0.207. The van der Waals surface area contributed by atoms with Gasteiger partial charge in [0, 0.05) is 22.9 Å². The van der Waals surface area contributed by atoms with Crippen molar-refractivity contribution < 1.29 is 41.0 Å². The van der Waals surface area contributed by atoms with Crippen LogP contribution in [0, 0.1) is 0 Å². The first kappa shape index (κ1) is 23.5. The Kier molecular flexibility index (Phi) is 5.94. The van der Waals surface area contributed by atoms with Gasteiger partial charge in [0.05, 0.1) is 29.8 Å². The second-order valence-electron chi connectivity index (χ2n) is 7.36. The van der Waals surface area contributed by atoms with Crippen molar-refractivity contribution >= 4 is 11.6 Å². The highest BCUT2D eigenvalue weighted by atomic mass is 19.4. The molecule has 1 aromatic carbocycles. The van der Waals surface area contributed by atoms with Gasteiger partial charge in [0.1, 0.15) is 5.75 Å². The zero-order chi connectivity index (χ0) is 24.7. The molecule has 0 radical (unpaired) electrons. The number of pyridine rings is 2. The maximum absolute atomic E-state index is 13.0. The monoisotopic (exact) mass is 483 g/mol. The molecule has 6 nitrogen and oxygen atoms in total. The molecule has 1 atom stereocenters. The second-order valence-corrected chi connectivity index (χ2v) is 7.36. The summed E-state index contributed by atoms with van der Waals surface area (Å²) in [5, 5.41) is 9.33. The molecule has 178 valence electrons. The molecule has 1 N–H and O–H groups in total. The van der Waals surface area contributed by atoms with Crippen molar-refractivity contribution in [1.82, 2.24) is 9.97 Å². The smallest absolute Gasteiger partial charge is 0.422 e. The first-order chi connectivity index (χ1) is 16.0. The number of hydrogen-bond donors (Lipinski definition) is 1. The Balaban J connectivity index is 1.65. The lowest BCUT2D eigenvalue weighted by Gasteiger charge is -2.18. The third kappa shape index (κ3) is 4.67. The molecule has 12 heteroatoms. The Morgan fingerprint density at radius 2 is 1.74 bits per heavy atom. The van der Waals surface area contributed by atoms with Crippen molar-refractivity contribution in [2.75, 3.05) is 11.5 Å². The van der Waals surface area contributed by atoms with Crippen molar-refractivity contribution in [2.24, 2.45) is 0 Å². The molecule has 0 spiro atoms. The Hall–Kier alpha value is -3.67. The number of aliphatic hydroxyl groups is 1. The molecule has 4 rings (SSSR count). The molecule has 3 heterocycles. The van der Waals surface area contributed by atoms with Gasteiger partial charge in [-0.05, 0) is 30.3 Å². The van der Waals surface area contributed by atoms with E-state index in [0.717, 1.165) is 12.3 Å². The lowest BCUT2D eigenvalue weighted by atomic mass is 10.0. The van der Waals surface area contributed by atoms with Gasteiger partial charge in [0.25, 0.3) is 5.91 Å². The number of hydrogen-bond acceptors (Lipinski definition) is 5. The molecule has 0 bridgehead atoms. The fraction of sp³-hybridized carbons (Fsp3) is 0.227. The number of rotatable bonds is 5. The Morgan fingerprint density at radius 3 is 2.38 bits per heavy atom. The summed E-state index contributed by atoms with van der Waals surface area (Å²) in [6.07, 6.45) is -9.85. The van der Waals surface area contributed by atoms with E-state index in [1.54, 1.807) is 6.07 Å². The van der Waals surface area contributed by atoms with E-state index < -0.39 is 36.7 Å². The van der Waals surface area contributed by atoms with Crippen LogP contribution in [0.4, 0.5) is 32.0 Å². The van der Waals surface area contributed by atoms with E-state index in [2.05, 4.69) is 9.97 Å². The van der Waals surface area contributed by atoms with Crippen LogP contribution < -0.4 is 9.64 Å². The van der Waals surface area contributed by atoms with Crippen LogP contribution in [0.3, 0.4) is 0 Å². The fourth-order valence-electron chi connectivity index (χ4n) is 3.50. The van der Waals surface area contributed by atoms with Gasteiger partial charge >= 0.3 is 12.4 Å². The number of carbonyl (C=O) groups is 1. The van der Waals surface area contributed by atoms with Gasteiger partial charge in [-0.1, -0.05) is 12.1 Å². The SMILES string of the molecule is O=C1c2ccnc(-c3ccccc3OCC(F)(F)F)c2CN1c1ccc([C@@H](O)C(F)(F)F)nc1. The minimum Gasteiger partial charge on any atom is -0.483 e. The van der Waals surface area contributed by atoms with Gasteiger partial charge in [-0.3, -0.25) is 14.8 Å². The summed E-state index contributed by atoms with van der Waals surface area (Å²) in [7, 11) is 0. The van der Waals surface area contributed by atoms with Crippen LogP contribution in [0.5, 0.6) is 5.75 Å². The van der Waals surface area contributed by atoms with E-state index in [1.807, 2.05) is 0 Å². The summed E-state index contributed by atoms with van der Waals surface area (Å²) in [5.41, 5.74) is 0.679. The third-order valence-electron chi connectivity index (χ3n) is 5.05. The predicted molar refractivity (Wildman–Crippen MR) is 107 cm³/mol. The molecule has 0 saturated heterocycles. The van der Waals surface area contributed by atoms with Crippen LogP contribution in [0.15, 0.2) is 54.9 Å². The van der Waals surface area contributed by atoms with Crippen LogP contribution in [0.2, 0.25) is 0 Å². The zero-order valence-electron chi connectivity index (χ0n) is 17.1. The predicted octanol–water partition coefficient (Wildman–Crippen LogP) is 4.84. The van der Waals surface area contributed by atoms with Gasteiger partial charge in [-0.15, -0.1) is 0 Å². The number of para-hydroxylation sites is 1. The maximum atomic E-state index is 13.0. The number of benzene rings is 1. The number of aliphatic hydroxyl groups excluding tert-OH is 1. The first-order valence-electron chi connectivity index (χ1n) is 9.75. The fourth-order valence-corrected chi connectivity index (χ4v) is 3.50. The molecular weight excluding hydrogens is 468 g/mol. The molecule has 1 amide bonds. The molecule has 2 aromatic heterocycles. The van der Waals surface area contributed by atoms with E-state index >= 15 is 0 Å². The number of alkyl halides is 6. The van der Waals surface area contributed by atoms with Crippen molar-refractivity contribution in [3.63, 3.8) is 0 Å². The lowest BCUT2D eigenvalue weighted by Crippen LogP contribution is -2.24. The number of amides is 1. The molecule has 0 fully saturated rings. The van der Waals surface area contributed by atoms with Crippen molar-refractivity contribution in [1.29, 1.82) is 0 Å². The highest BCUT2D eigenvalue weighted by Crippen LogP contribution is 2.38. The highest BCUT2D eigenvalue weighted by molar-refractivity contribution is 6.11. The summed E-state index contributed by atoms with van der Waals surface area (Å²) in [5.74, 6) is -0.558. The van der Waals surface area contributed by atoms with Crippen molar-refractivity contribution in [2.45, 2.75) is 25.0 Å². The number of aromatic nitrogens is 2. The van der Waals surface area contributed by atoms with Crippen LogP contribution in [-0.2, 0) is 6.54 Å². The minimum atomic E-state index is -4.89. The van der Waals surface area contributed by atoms with E-state index in [1.165, 1.54) is 41.4 Å².